The van der Waals surface area contributed by atoms with Crippen LogP contribution in [0.5, 0.6) is 0 Å². The summed E-state index contributed by atoms with van der Waals surface area (Å²) in [5.41, 5.74) is -1.90. The first kappa shape index (κ1) is 17.8. The number of morpholine rings is 1. The Morgan fingerprint density at radius 2 is 2.08 bits per heavy atom. The van der Waals surface area contributed by atoms with E-state index in [4.69, 9.17) is 9.84 Å². The number of aliphatic hydroxyl groups is 1. The van der Waals surface area contributed by atoms with E-state index in [0.29, 0.717) is 11.5 Å². The average molecular weight is 362 g/mol. The van der Waals surface area contributed by atoms with Crippen LogP contribution in [0.15, 0.2) is 35.4 Å². The van der Waals surface area contributed by atoms with Crippen molar-refractivity contribution in [3.63, 3.8) is 0 Å². The molecule has 1 unspecified atom stereocenters. The summed E-state index contributed by atoms with van der Waals surface area (Å²) in [6, 6.07) is 4.58. The highest BCUT2D eigenvalue weighted by Crippen LogP contribution is 2.24. The van der Waals surface area contributed by atoms with Gasteiger partial charge in [-0.15, -0.1) is 5.10 Å². The van der Waals surface area contributed by atoms with Gasteiger partial charge >= 0.3 is 5.97 Å². The Labute approximate surface area is 147 Å². The molecule has 2 aromatic heterocycles. The molecule has 2 atom stereocenters. The second kappa shape index (κ2) is 6.39. The van der Waals surface area contributed by atoms with Crippen molar-refractivity contribution in [3.8, 4) is 5.69 Å². The molecule has 0 aliphatic carbocycles. The number of aryl methyl sites for hydroxylation is 1. The monoisotopic (exact) mass is 362 g/mol. The van der Waals surface area contributed by atoms with E-state index in [2.05, 4.69) is 5.10 Å². The zero-order valence-corrected chi connectivity index (χ0v) is 14.2. The smallest absolute Gasteiger partial charge is 0.338 e. The Morgan fingerprint density at radius 3 is 2.73 bits per heavy atom. The number of aromatic nitrogens is 3. The van der Waals surface area contributed by atoms with Crippen molar-refractivity contribution in [2.75, 3.05) is 18.1 Å². The summed E-state index contributed by atoms with van der Waals surface area (Å²) in [5.74, 6) is -1.94. The number of aliphatic carboxylic acids is 1. The van der Waals surface area contributed by atoms with Crippen molar-refractivity contribution >= 4 is 17.7 Å². The Morgan fingerprint density at radius 1 is 1.35 bits per heavy atom. The molecule has 2 N–H and O–H groups in total. The molecule has 0 bridgehead atoms. The molecule has 3 rings (SSSR count). The Kier molecular flexibility index (Phi) is 4.38. The Hall–Kier alpha value is -2.98. The first-order valence-corrected chi connectivity index (χ1v) is 7.83. The molecule has 1 saturated heterocycles. The topological polar surface area (TPSA) is 127 Å². The standard InChI is InChI=1S/C16H18N4O6/c1-16(25,15(23)24)13-14(22)19(7-8-26-13)11-5-6-20(17-11)10-3-4-12(21)18(2)9-10/h3-6,9,13,25H,7-8H2,1-2H3,(H,23,24)/t13-,16?/m0/s1. The molecule has 1 fully saturated rings. The summed E-state index contributed by atoms with van der Waals surface area (Å²) >= 11 is 0. The van der Waals surface area contributed by atoms with Gasteiger partial charge in [0, 0.05) is 31.6 Å². The number of carboxylic acids is 1. The van der Waals surface area contributed by atoms with E-state index in [1.165, 1.54) is 20.2 Å². The van der Waals surface area contributed by atoms with E-state index in [9.17, 15) is 19.5 Å². The average Bonchev–Trinajstić information content (AvgIpc) is 3.07. The molecule has 0 aromatic carbocycles. The number of hydrogen-bond acceptors (Lipinski definition) is 6. The van der Waals surface area contributed by atoms with Crippen LogP contribution in [0.1, 0.15) is 6.92 Å². The predicted octanol–water partition coefficient (Wildman–Crippen LogP) is -0.862. The summed E-state index contributed by atoms with van der Waals surface area (Å²) < 4.78 is 8.08. The molecule has 138 valence electrons. The van der Waals surface area contributed by atoms with Gasteiger partial charge in [-0.3, -0.25) is 14.5 Å². The predicted molar refractivity (Wildman–Crippen MR) is 89.2 cm³/mol. The lowest BCUT2D eigenvalue weighted by Crippen LogP contribution is -2.60. The van der Waals surface area contributed by atoms with Gasteiger partial charge < -0.3 is 19.5 Å². The van der Waals surface area contributed by atoms with Crippen LogP contribution >= 0.6 is 0 Å². The number of pyridine rings is 1. The number of amides is 1. The van der Waals surface area contributed by atoms with E-state index in [0.717, 1.165) is 6.92 Å². The highest BCUT2D eigenvalue weighted by molar-refractivity contribution is 6.00. The van der Waals surface area contributed by atoms with Gasteiger partial charge in [0.25, 0.3) is 5.91 Å². The van der Waals surface area contributed by atoms with Crippen LogP contribution in [0, 0.1) is 0 Å². The van der Waals surface area contributed by atoms with Crippen LogP contribution in [-0.4, -0.2) is 61.3 Å². The quantitative estimate of drug-likeness (QED) is 0.724. The number of nitrogens with zero attached hydrogens (tertiary/aromatic N) is 4. The Bertz CT molecular complexity index is 915. The Balaban J connectivity index is 1.89. The van der Waals surface area contributed by atoms with Gasteiger partial charge in [-0.1, -0.05) is 0 Å². The number of ether oxygens (including phenoxy) is 1. The zero-order chi connectivity index (χ0) is 19.1. The summed E-state index contributed by atoms with van der Waals surface area (Å²) in [4.78, 5) is 36.6. The van der Waals surface area contributed by atoms with Crippen LogP contribution in [0.3, 0.4) is 0 Å². The summed E-state index contributed by atoms with van der Waals surface area (Å²) in [5, 5.41) is 23.5. The summed E-state index contributed by atoms with van der Waals surface area (Å²) in [6.07, 6.45) is 1.68. The molecule has 1 amide bonds. The van der Waals surface area contributed by atoms with E-state index < -0.39 is 23.6 Å². The maximum absolute atomic E-state index is 12.6. The highest BCUT2D eigenvalue weighted by Gasteiger charge is 2.49. The SMILES string of the molecule is Cn1cc(-n2ccc(N3CCO[C@H](C(C)(O)C(=O)O)C3=O)n2)ccc1=O. The van der Waals surface area contributed by atoms with Gasteiger partial charge in [0.05, 0.1) is 18.8 Å². The fourth-order valence-electron chi connectivity index (χ4n) is 2.64. The zero-order valence-electron chi connectivity index (χ0n) is 14.2. The third kappa shape index (κ3) is 3.00. The van der Waals surface area contributed by atoms with Gasteiger partial charge in [-0.05, 0) is 13.0 Å². The van der Waals surface area contributed by atoms with Crippen LogP contribution in [0.4, 0.5) is 5.82 Å². The number of anilines is 1. The van der Waals surface area contributed by atoms with Crippen LogP contribution in [0.25, 0.3) is 5.69 Å². The van der Waals surface area contributed by atoms with Gasteiger partial charge in [-0.2, -0.15) is 0 Å². The molecular formula is C16H18N4O6. The highest BCUT2D eigenvalue weighted by atomic mass is 16.5. The fraction of sp³-hybridized carbons (Fsp3) is 0.375. The van der Waals surface area contributed by atoms with E-state index >= 15 is 0 Å². The van der Waals surface area contributed by atoms with E-state index in [1.54, 1.807) is 31.6 Å². The van der Waals surface area contributed by atoms with Crippen molar-refractivity contribution in [1.29, 1.82) is 0 Å². The van der Waals surface area contributed by atoms with Gasteiger partial charge in [-0.25, -0.2) is 9.48 Å². The van der Waals surface area contributed by atoms with Crippen molar-refractivity contribution in [1.82, 2.24) is 14.3 Å². The first-order valence-electron chi connectivity index (χ1n) is 7.83. The molecule has 26 heavy (non-hydrogen) atoms. The third-order valence-corrected chi connectivity index (χ3v) is 4.22. The number of hydrogen-bond donors (Lipinski definition) is 2. The van der Waals surface area contributed by atoms with Crippen molar-refractivity contribution < 1.29 is 24.5 Å². The van der Waals surface area contributed by atoms with Gasteiger partial charge in [0.1, 0.15) is 0 Å². The van der Waals surface area contributed by atoms with Crippen molar-refractivity contribution in [3.05, 3.63) is 40.9 Å². The number of carbonyl (C=O) groups is 2. The lowest BCUT2D eigenvalue weighted by Gasteiger charge is -2.36. The maximum Gasteiger partial charge on any atom is 0.338 e. The second-order valence-corrected chi connectivity index (χ2v) is 6.15. The largest absolute Gasteiger partial charge is 0.479 e. The molecule has 2 aromatic rings. The minimum Gasteiger partial charge on any atom is -0.479 e. The molecule has 0 spiro atoms. The van der Waals surface area contributed by atoms with Crippen LogP contribution < -0.4 is 10.5 Å². The fourth-order valence-corrected chi connectivity index (χ4v) is 2.64. The van der Waals surface area contributed by atoms with Crippen LogP contribution in [0.2, 0.25) is 0 Å². The van der Waals surface area contributed by atoms with Gasteiger partial charge in [0.15, 0.2) is 17.5 Å². The number of rotatable bonds is 4. The summed E-state index contributed by atoms with van der Waals surface area (Å²) in [7, 11) is 1.61. The van der Waals surface area contributed by atoms with Gasteiger partial charge in [0.2, 0.25) is 5.56 Å². The molecule has 10 heteroatoms. The molecule has 0 radical (unpaired) electrons. The molecule has 1 aliphatic rings. The summed E-state index contributed by atoms with van der Waals surface area (Å²) in [6.45, 7) is 1.26. The lowest BCUT2D eigenvalue weighted by molar-refractivity contribution is -0.180. The normalized spacial score (nSPS) is 20.0. The number of carbonyl (C=O) groups excluding carboxylic acids is 1. The molecular weight excluding hydrogens is 344 g/mol. The molecule has 1 aliphatic heterocycles. The van der Waals surface area contributed by atoms with Crippen molar-refractivity contribution in [2.45, 2.75) is 18.6 Å². The van der Waals surface area contributed by atoms with Crippen LogP contribution in [-0.2, 0) is 21.4 Å². The van der Waals surface area contributed by atoms with E-state index in [1.807, 2.05) is 0 Å². The molecule has 10 nitrogen and oxygen atoms in total. The molecule has 0 saturated carbocycles. The lowest BCUT2D eigenvalue weighted by atomic mass is 9.97. The molecule has 3 heterocycles. The minimum absolute atomic E-state index is 0.0620. The minimum atomic E-state index is -2.35. The maximum atomic E-state index is 12.6. The number of carboxylic acid groups (broad SMARTS) is 1. The first-order chi connectivity index (χ1) is 12.2. The second-order valence-electron chi connectivity index (χ2n) is 6.15. The van der Waals surface area contributed by atoms with Crippen molar-refractivity contribution in [2.24, 2.45) is 7.05 Å². The van der Waals surface area contributed by atoms with E-state index in [-0.39, 0.29) is 18.7 Å². The third-order valence-electron chi connectivity index (χ3n) is 4.22.